The lowest BCUT2D eigenvalue weighted by Crippen LogP contribution is -2.33. The summed E-state index contributed by atoms with van der Waals surface area (Å²) in [7, 11) is 0. The number of hydrogen-bond donors (Lipinski definition) is 2. The smallest absolute Gasteiger partial charge is 0.321 e. The average Bonchev–Trinajstić information content (AvgIpc) is 3.42. The van der Waals surface area contributed by atoms with Crippen molar-refractivity contribution in [3.05, 3.63) is 60.2 Å². The summed E-state index contributed by atoms with van der Waals surface area (Å²) in [4.78, 5) is 32.1. The minimum absolute atomic E-state index is 0.147. The first-order valence-corrected chi connectivity index (χ1v) is 9.44. The van der Waals surface area contributed by atoms with Crippen LogP contribution in [-0.4, -0.2) is 41.7 Å². The van der Waals surface area contributed by atoms with Crippen LogP contribution < -0.4 is 10.6 Å². The molecule has 2 N–H and O–H groups in total. The number of carbonyl (C=O) groups is 2. The fourth-order valence-corrected chi connectivity index (χ4v) is 3.35. The molecule has 3 amide bonds. The van der Waals surface area contributed by atoms with E-state index in [1.807, 2.05) is 42.5 Å². The summed E-state index contributed by atoms with van der Waals surface area (Å²) in [5.41, 5.74) is 2.79. The number of para-hydroxylation sites is 2. The number of nitrogens with one attached hydrogen (secondary N) is 2. The van der Waals surface area contributed by atoms with Crippen molar-refractivity contribution in [2.75, 3.05) is 23.7 Å². The quantitative estimate of drug-likeness (QED) is 0.855. The third-order valence-electron chi connectivity index (χ3n) is 4.89. The van der Waals surface area contributed by atoms with E-state index in [2.05, 4.69) is 15.8 Å². The van der Waals surface area contributed by atoms with E-state index in [0.717, 1.165) is 37.2 Å². The molecule has 144 valence electrons. The van der Waals surface area contributed by atoms with E-state index in [9.17, 15) is 9.59 Å². The summed E-state index contributed by atoms with van der Waals surface area (Å²) in [5.74, 6) is -0.294. The molecule has 1 atom stereocenters. The highest BCUT2D eigenvalue weighted by Crippen LogP contribution is 2.24. The monoisotopic (exact) mass is 378 g/mol. The van der Waals surface area contributed by atoms with E-state index in [-0.39, 0.29) is 11.9 Å². The van der Waals surface area contributed by atoms with Gasteiger partial charge in [0.15, 0.2) is 0 Å². The number of rotatable bonds is 4. The van der Waals surface area contributed by atoms with Crippen LogP contribution in [0.3, 0.4) is 0 Å². The van der Waals surface area contributed by atoms with Gasteiger partial charge in [0.2, 0.25) is 6.10 Å². The van der Waals surface area contributed by atoms with Crippen molar-refractivity contribution in [3.8, 4) is 0 Å². The second-order valence-electron chi connectivity index (χ2n) is 6.86. The molecule has 2 aromatic carbocycles. The lowest BCUT2D eigenvalue weighted by molar-refractivity contribution is -0.125. The third-order valence-corrected chi connectivity index (χ3v) is 4.89. The van der Waals surface area contributed by atoms with Crippen LogP contribution in [0.4, 0.5) is 16.2 Å². The van der Waals surface area contributed by atoms with Gasteiger partial charge in [-0.1, -0.05) is 47.6 Å². The molecule has 2 heterocycles. The van der Waals surface area contributed by atoms with E-state index in [1.54, 1.807) is 17.0 Å². The van der Waals surface area contributed by atoms with E-state index in [4.69, 9.17) is 4.84 Å². The van der Waals surface area contributed by atoms with Crippen LogP contribution in [0.25, 0.3) is 0 Å². The van der Waals surface area contributed by atoms with Crippen molar-refractivity contribution in [2.45, 2.75) is 25.4 Å². The standard InChI is InChI=1S/C21H22N4O3/c26-20(19-14-18(24-28-19)15-8-2-1-3-9-15)22-16-10-4-5-11-17(16)23-21(27)25-12-6-7-13-25/h1-5,8-11,19H,6-7,12-14H2,(H,22,26)(H,23,27). The Morgan fingerprint density at radius 2 is 1.57 bits per heavy atom. The van der Waals surface area contributed by atoms with Gasteiger partial charge in [-0.15, -0.1) is 0 Å². The van der Waals surface area contributed by atoms with Gasteiger partial charge < -0.3 is 20.4 Å². The Kier molecular flexibility index (Phi) is 5.23. The average molecular weight is 378 g/mol. The molecule has 0 spiro atoms. The number of likely N-dealkylation sites (tertiary alicyclic amines) is 1. The van der Waals surface area contributed by atoms with Gasteiger partial charge in [-0.25, -0.2) is 4.79 Å². The van der Waals surface area contributed by atoms with Gasteiger partial charge in [0.1, 0.15) is 0 Å². The van der Waals surface area contributed by atoms with Gasteiger partial charge in [0.05, 0.1) is 17.1 Å². The second kappa shape index (κ2) is 8.12. The molecule has 0 aromatic heterocycles. The largest absolute Gasteiger partial charge is 0.382 e. The van der Waals surface area contributed by atoms with E-state index < -0.39 is 6.10 Å². The second-order valence-corrected chi connectivity index (χ2v) is 6.86. The van der Waals surface area contributed by atoms with Crippen molar-refractivity contribution in [2.24, 2.45) is 5.16 Å². The molecular formula is C21H22N4O3. The third kappa shape index (κ3) is 3.98. The highest BCUT2D eigenvalue weighted by atomic mass is 16.6. The number of carbonyl (C=O) groups excluding carboxylic acids is 2. The fourth-order valence-electron chi connectivity index (χ4n) is 3.35. The van der Waals surface area contributed by atoms with Gasteiger partial charge in [0, 0.05) is 19.5 Å². The zero-order chi connectivity index (χ0) is 19.3. The number of anilines is 2. The molecule has 0 saturated carbocycles. The molecule has 7 nitrogen and oxygen atoms in total. The first kappa shape index (κ1) is 18.0. The van der Waals surface area contributed by atoms with Gasteiger partial charge in [-0.3, -0.25) is 4.79 Å². The minimum atomic E-state index is -0.697. The van der Waals surface area contributed by atoms with Crippen LogP contribution in [0.15, 0.2) is 59.8 Å². The predicted octanol–water partition coefficient (Wildman–Crippen LogP) is 3.45. The maximum Gasteiger partial charge on any atom is 0.321 e. The Morgan fingerprint density at radius 1 is 0.929 bits per heavy atom. The van der Waals surface area contributed by atoms with Gasteiger partial charge in [0.25, 0.3) is 5.91 Å². The van der Waals surface area contributed by atoms with Crippen molar-refractivity contribution >= 4 is 29.0 Å². The molecule has 2 aliphatic heterocycles. The fraction of sp³-hybridized carbons (Fsp3) is 0.286. The first-order valence-electron chi connectivity index (χ1n) is 9.44. The molecule has 1 fully saturated rings. The zero-order valence-electron chi connectivity index (χ0n) is 15.4. The highest BCUT2D eigenvalue weighted by Gasteiger charge is 2.29. The molecule has 1 unspecified atom stereocenters. The molecule has 0 radical (unpaired) electrons. The Balaban J connectivity index is 1.39. The number of hydrogen-bond acceptors (Lipinski definition) is 4. The van der Waals surface area contributed by atoms with E-state index in [0.29, 0.717) is 17.8 Å². The van der Waals surface area contributed by atoms with Crippen LogP contribution in [0.1, 0.15) is 24.8 Å². The maximum absolute atomic E-state index is 12.7. The molecule has 0 bridgehead atoms. The molecule has 7 heteroatoms. The topological polar surface area (TPSA) is 83.0 Å². The SMILES string of the molecule is O=C(Nc1ccccc1NC(=O)N1CCCC1)C1CC(c2ccccc2)=NO1. The van der Waals surface area contributed by atoms with E-state index >= 15 is 0 Å². The Morgan fingerprint density at radius 3 is 2.29 bits per heavy atom. The molecule has 2 aromatic rings. The molecule has 1 saturated heterocycles. The lowest BCUT2D eigenvalue weighted by atomic mass is 10.0. The van der Waals surface area contributed by atoms with Crippen LogP contribution >= 0.6 is 0 Å². The summed E-state index contributed by atoms with van der Waals surface area (Å²) in [5, 5.41) is 9.79. The summed E-state index contributed by atoms with van der Waals surface area (Å²) < 4.78 is 0. The summed E-state index contributed by atoms with van der Waals surface area (Å²) >= 11 is 0. The van der Waals surface area contributed by atoms with Crippen LogP contribution in [0.2, 0.25) is 0 Å². The summed E-state index contributed by atoms with van der Waals surface area (Å²) in [6.45, 7) is 1.52. The molecule has 28 heavy (non-hydrogen) atoms. The van der Waals surface area contributed by atoms with Crippen LogP contribution in [0, 0.1) is 0 Å². The first-order chi connectivity index (χ1) is 13.7. The lowest BCUT2D eigenvalue weighted by Gasteiger charge is -2.18. The Labute approximate surface area is 163 Å². The Hall–Kier alpha value is -3.35. The Bertz CT molecular complexity index is 892. The molecule has 2 aliphatic rings. The van der Waals surface area contributed by atoms with Gasteiger partial charge in [-0.05, 0) is 30.5 Å². The van der Waals surface area contributed by atoms with E-state index in [1.165, 1.54) is 0 Å². The number of benzene rings is 2. The molecule has 4 rings (SSSR count). The number of oxime groups is 1. The number of nitrogens with zero attached hydrogens (tertiary/aromatic N) is 2. The predicted molar refractivity (Wildman–Crippen MR) is 107 cm³/mol. The molecular weight excluding hydrogens is 356 g/mol. The normalized spacial score (nSPS) is 18.4. The van der Waals surface area contributed by atoms with Crippen molar-refractivity contribution in [1.82, 2.24) is 4.90 Å². The summed E-state index contributed by atoms with van der Waals surface area (Å²) in [6, 6.07) is 16.6. The number of urea groups is 1. The maximum atomic E-state index is 12.7. The molecule has 0 aliphatic carbocycles. The zero-order valence-corrected chi connectivity index (χ0v) is 15.4. The number of amides is 3. The highest BCUT2D eigenvalue weighted by molar-refractivity contribution is 6.07. The summed E-state index contributed by atoms with van der Waals surface area (Å²) in [6.07, 6.45) is 1.75. The van der Waals surface area contributed by atoms with Gasteiger partial charge in [-0.2, -0.15) is 0 Å². The van der Waals surface area contributed by atoms with Crippen molar-refractivity contribution in [1.29, 1.82) is 0 Å². The van der Waals surface area contributed by atoms with Crippen LogP contribution in [0.5, 0.6) is 0 Å². The van der Waals surface area contributed by atoms with Gasteiger partial charge >= 0.3 is 6.03 Å². The van der Waals surface area contributed by atoms with Crippen molar-refractivity contribution < 1.29 is 14.4 Å². The van der Waals surface area contributed by atoms with Crippen molar-refractivity contribution in [3.63, 3.8) is 0 Å². The van der Waals surface area contributed by atoms with Crippen LogP contribution in [-0.2, 0) is 9.63 Å². The minimum Gasteiger partial charge on any atom is -0.382 e.